The molecule has 24 heavy (non-hydrogen) atoms. The maximum absolute atomic E-state index is 13.7. The minimum atomic E-state index is -0.389. The Labute approximate surface area is 141 Å². The molecule has 0 radical (unpaired) electrons. The molecule has 0 saturated carbocycles. The van der Waals surface area contributed by atoms with Gasteiger partial charge in [-0.05, 0) is 49.1 Å². The summed E-state index contributed by atoms with van der Waals surface area (Å²) in [5.41, 5.74) is 4.05. The van der Waals surface area contributed by atoms with Crippen molar-refractivity contribution < 1.29 is 9.13 Å². The highest BCUT2D eigenvalue weighted by molar-refractivity contribution is 5.61. The lowest BCUT2D eigenvalue weighted by molar-refractivity contribution is 0.0776. The smallest absolute Gasteiger partial charge is 0.250 e. The fourth-order valence-electron chi connectivity index (χ4n) is 3.65. The number of ether oxygens (including phenoxy) is 1. The monoisotopic (exact) mass is 327 g/mol. The summed E-state index contributed by atoms with van der Waals surface area (Å²) in [5.74, 6) is -0.272. The molecule has 1 aromatic heterocycles. The Morgan fingerprint density at radius 1 is 1.29 bits per heavy atom. The summed E-state index contributed by atoms with van der Waals surface area (Å²) in [6, 6.07) is 9.51. The molecule has 4 nitrogen and oxygen atoms in total. The van der Waals surface area contributed by atoms with E-state index in [1.54, 1.807) is 12.3 Å². The summed E-state index contributed by atoms with van der Waals surface area (Å²) >= 11 is 0. The van der Waals surface area contributed by atoms with Gasteiger partial charge in [0.15, 0.2) is 5.82 Å². The third kappa shape index (κ3) is 3.22. The average molecular weight is 327 g/mol. The lowest BCUT2D eigenvalue weighted by atomic mass is 10.0. The summed E-state index contributed by atoms with van der Waals surface area (Å²) in [7, 11) is 0. The van der Waals surface area contributed by atoms with Gasteiger partial charge in [0.25, 0.3) is 5.88 Å². The molecular formula is C19H22FN3O. The van der Waals surface area contributed by atoms with E-state index in [-0.39, 0.29) is 17.8 Å². The summed E-state index contributed by atoms with van der Waals surface area (Å²) in [6.07, 6.45) is 4.67. The minimum Gasteiger partial charge on any atom is -0.471 e. The molecule has 2 aliphatic heterocycles. The van der Waals surface area contributed by atoms with Gasteiger partial charge in [-0.3, -0.25) is 4.90 Å². The largest absolute Gasteiger partial charge is 0.471 e. The second kappa shape index (κ2) is 6.77. The van der Waals surface area contributed by atoms with Crippen molar-refractivity contribution >= 4 is 5.69 Å². The van der Waals surface area contributed by atoms with Crippen LogP contribution in [0, 0.1) is 5.82 Å². The molecule has 3 heterocycles. The fraction of sp³-hybridized carbons (Fsp3) is 0.421. The number of nitrogens with zero attached hydrogens (tertiary/aromatic N) is 2. The molecule has 126 valence electrons. The number of pyridine rings is 1. The van der Waals surface area contributed by atoms with Crippen LogP contribution in [0.4, 0.5) is 10.1 Å². The van der Waals surface area contributed by atoms with Crippen LogP contribution in [0.3, 0.4) is 0 Å². The molecule has 5 heteroatoms. The number of benzene rings is 1. The number of piperidine rings is 1. The molecule has 4 rings (SSSR count). The number of para-hydroxylation sites is 1. The Kier molecular flexibility index (Phi) is 4.34. The third-order valence-electron chi connectivity index (χ3n) is 4.79. The number of aromatic nitrogens is 1. The summed E-state index contributed by atoms with van der Waals surface area (Å²) in [6.45, 7) is 3.78. The highest BCUT2D eigenvalue weighted by Gasteiger charge is 2.24. The Bertz CT molecular complexity index is 722. The number of hydrogen-bond acceptors (Lipinski definition) is 4. The molecule has 1 saturated heterocycles. The van der Waals surface area contributed by atoms with Crippen LogP contribution in [0.15, 0.2) is 36.5 Å². The van der Waals surface area contributed by atoms with Crippen molar-refractivity contribution in [3.63, 3.8) is 0 Å². The first-order valence-electron chi connectivity index (χ1n) is 8.64. The summed E-state index contributed by atoms with van der Waals surface area (Å²) in [4.78, 5) is 6.40. The molecule has 1 N–H and O–H groups in total. The molecule has 0 spiro atoms. The predicted molar refractivity (Wildman–Crippen MR) is 91.8 cm³/mol. The quantitative estimate of drug-likeness (QED) is 0.935. The molecule has 1 atom stereocenters. The van der Waals surface area contributed by atoms with Gasteiger partial charge >= 0.3 is 0 Å². The number of anilines is 1. The standard InChI is InChI=1S/C19H22FN3O/c20-17-7-2-9-22-19(17)24-16-6-3-11-23(13-16)12-15-5-1-4-14-8-10-21-18(14)15/h1-2,4-5,7,9,16,21H,3,6,8,10-13H2. The third-order valence-corrected chi connectivity index (χ3v) is 4.79. The van der Waals surface area contributed by atoms with Crippen molar-refractivity contribution in [1.82, 2.24) is 9.88 Å². The normalized spacial score (nSPS) is 20.5. The van der Waals surface area contributed by atoms with Crippen LogP contribution >= 0.6 is 0 Å². The van der Waals surface area contributed by atoms with E-state index in [0.717, 1.165) is 45.4 Å². The van der Waals surface area contributed by atoms with Crippen molar-refractivity contribution in [1.29, 1.82) is 0 Å². The Balaban J connectivity index is 1.42. The van der Waals surface area contributed by atoms with Crippen molar-refractivity contribution in [2.75, 3.05) is 25.0 Å². The number of fused-ring (bicyclic) bond motifs is 1. The molecule has 1 aromatic carbocycles. The highest BCUT2D eigenvalue weighted by atomic mass is 19.1. The molecule has 1 unspecified atom stereocenters. The number of halogens is 1. The zero-order valence-electron chi connectivity index (χ0n) is 13.7. The summed E-state index contributed by atoms with van der Waals surface area (Å²) < 4.78 is 19.5. The first kappa shape index (κ1) is 15.4. The second-order valence-corrected chi connectivity index (χ2v) is 6.54. The molecule has 0 aliphatic carbocycles. The van der Waals surface area contributed by atoms with Crippen molar-refractivity contribution in [2.45, 2.75) is 31.9 Å². The molecule has 0 bridgehead atoms. The summed E-state index contributed by atoms with van der Waals surface area (Å²) in [5, 5.41) is 3.50. The molecule has 2 aliphatic rings. The van der Waals surface area contributed by atoms with Crippen LogP contribution in [0.5, 0.6) is 5.88 Å². The van der Waals surface area contributed by atoms with E-state index in [4.69, 9.17) is 4.74 Å². The van der Waals surface area contributed by atoms with E-state index in [1.807, 2.05) is 0 Å². The van der Waals surface area contributed by atoms with Gasteiger partial charge in [0.2, 0.25) is 0 Å². The topological polar surface area (TPSA) is 37.4 Å². The predicted octanol–water partition coefficient (Wildman–Crippen LogP) is 3.23. The minimum absolute atomic E-state index is 0.00660. The average Bonchev–Trinajstić information content (AvgIpc) is 3.07. The van der Waals surface area contributed by atoms with Crippen molar-refractivity contribution in [3.05, 3.63) is 53.5 Å². The Morgan fingerprint density at radius 3 is 3.17 bits per heavy atom. The SMILES string of the molecule is Fc1cccnc1OC1CCCN(Cc2cccc3c2NCC3)C1. The maximum Gasteiger partial charge on any atom is 0.250 e. The van der Waals surface area contributed by atoms with Gasteiger partial charge < -0.3 is 10.1 Å². The lowest BCUT2D eigenvalue weighted by Gasteiger charge is -2.33. The van der Waals surface area contributed by atoms with Crippen molar-refractivity contribution in [2.24, 2.45) is 0 Å². The number of likely N-dealkylation sites (tertiary alicyclic amines) is 1. The molecular weight excluding hydrogens is 305 g/mol. The number of hydrogen-bond donors (Lipinski definition) is 1. The molecule has 1 fully saturated rings. The molecule has 0 amide bonds. The van der Waals surface area contributed by atoms with Crippen molar-refractivity contribution in [3.8, 4) is 5.88 Å². The van der Waals surface area contributed by atoms with Crippen LogP contribution in [0.2, 0.25) is 0 Å². The first-order valence-corrected chi connectivity index (χ1v) is 8.64. The molecule has 2 aromatic rings. The number of rotatable bonds is 4. The maximum atomic E-state index is 13.7. The van der Waals surface area contributed by atoms with Gasteiger partial charge in [-0.15, -0.1) is 0 Å². The van der Waals surface area contributed by atoms with E-state index in [2.05, 4.69) is 33.4 Å². The second-order valence-electron chi connectivity index (χ2n) is 6.54. The van der Waals surface area contributed by atoms with Gasteiger partial charge in [0.05, 0.1) is 0 Å². The van der Waals surface area contributed by atoms with Gasteiger partial charge in [-0.1, -0.05) is 18.2 Å². The number of nitrogens with one attached hydrogen (secondary N) is 1. The van der Waals surface area contributed by atoms with E-state index >= 15 is 0 Å². The van der Waals surface area contributed by atoms with E-state index in [1.165, 1.54) is 22.9 Å². The van der Waals surface area contributed by atoms with Gasteiger partial charge in [0, 0.05) is 31.5 Å². The van der Waals surface area contributed by atoms with Crippen LogP contribution in [-0.4, -0.2) is 35.6 Å². The van der Waals surface area contributed by atoms with Gasteiger partial charge in [-0.25, -0.2) is 9.37 Å². The van der Waals surface area contributed by atoms with E-state index in [0.29, 0.717) is 0 Å². The van der Waals surface area contributed by atoms with Crippen LogP contribution < -0.4 is 10.1 Å². The van der Waals surface area contributed by atoms with Gasteiger partial charge in [0.1, 0.15) is 6.10 Å². The Hall–Kier alpha value is -2.14. The zero-order chi connectivity index (χ0) is 16.4. The van der Waals surface area contributed by atoms with Crippen LogP contribution in [0.1, 0.15) is 24.0 Å². The van der Waals surface area contributed by atoms with E-state index < -0.39 is 0 Å². The lowest BCUT2D eigenvalue weighted by Crippen LogP contribution is -2.41. The fourth-order valence-corrected chi connectivity index (χ4v) is 3.65. The van der Waals surface area contributed by atoms with Crippen LogP contribution in [0.25, 0.3) is 0 Å². The highest BCUT2D eigenvalue weighted by Crippen LogP contribution is 2.28. The zero-order valence-corrected chi connectivity index (χ0v) is 13.7. The van der Waals surface area contributed by atoms with Crippen LogP contribution in [-0.2, 0) is 13.0 Å². The Morgan fingerprint density at radius 2 is 2.25 bits per heavy atom. The van der Waals surface area contributed by atoms with Gasteiger partial charge in [-0.2, -0.15) is 0 Å². The van der Waals surface area contributed by atoms with E-state index in [9.17, 15) is 4.39 Å². The first-order chi connectivity index (χ1) is 11.8.